The highest BCUT2D eigenvalue weighted by molar-refractivity contribution is 6.12. The summed E-state index contributed by atoms with van der Waals surface area (Å²) in [5.74, 6) is 3.19. The number of rotatable bonds is 10. The summed E-state index contributed by atoms with van der Waals surface area (Å²) >= 11 is 0. The normalized spacial score (nSPS) is 11.8. The standard InChI is InChI=1S/C84H52N10/c1-3-23-53(24-4-1)57-47-59(51-61(49-57)79-85-81(91-71-35-15-7-27-63(71)64-28-8-16-36-72(64)91)89-82(86-79)92-73-37-17-9-29-65(73)66-30-10-18-38-74(66)92)55-43-45-56(46-44-55)60-48-58(54-25-5-2-6-26-54)50-62(52-60)80-87-83(93-75-39-19-11-31-67(75)68-32-12-20-40-76(68)93)90-84(88-80)94-77-41-21-13-33-69(77)70-34-14-22-42-78(70)94/h1-52H. The molecule has 0 atom stereocenters. The maximum Gasteiger partial charge on any atom is 0.240 e. The molecule has 6 heterocycles. The van der Waals surface area contributed by atoms with Gasteiger partial charge in [0.15, 0.2) is 11.6 Å². The van der Waals surface area contributed by atoms with E-state index in [0.29, 0.717) is 35.4 Å². The van der Waals surface area contributed by atoms with E-state index in [-0.39, 0.29) is 0 Å². The Hall–Kier alpha value is -12.9. The summed E-state index contributed by atoms with van der Waals surface area (Å²) in [5, 5.41) is 8.99. The largest absolute Gasteiger partial charge is 0.278 e. The number of para-hydroxylation sites is 8. The highest BCUT2D eigenvalue weighted by atomic mass is 15.3. The second-order valence-electron chi connectivity index (χ2n) is 23.9. The van der Waals surface area contributed by atoms with Gasteiger partial charge in [-0.2, -0.15) is 29.9 Å². The lowest BCUT2D eigenvalue weighted by Gasteiger charge is -2.15. The summed E-state index contributed by atoms with van der Waals surface area (Å²) in [4.78, 5) is 33.0. The molecule has 0 saturated carbocycles. The smallest absolute Gasteiger partial charge is 0.240 e. The summed E-state index contributed by atoms with van der Waals surface area (Å²) in [6.07, 6.45) is 0. The quantitative estimate of drug-likeness (QED) is 0.135. The highest BCUT2D eigenvalue weighted by Crippen LogP contribution is 2.41. The molecule has 0 unspecified atom stereocenters. The summed E-state index contributed by atoms with van der Waals surface area (Å²) in [6.45, 7) is 0. The predicted octanol–water partition coefficient (Wildman–Crippen LogP) is 20.4. The van der Waals surface area contributed by atoms with Crippen molar-refractivity contribution in [3.8, 4) is 91.1 Å². The third-order valence-corrected chi connectivity index (χ3v) is 18.5. The predicted molar refractivity (Wildman–Crippen MR) is 383 cm³/mol. The SMILES string of the molecule is c1ccc(-c2cc(-c3ccc(-c4cc(-c5ccccc5)cc(-c5nc(-n6c7ccccc7c7ccccc76)nc(-n6c7ccccc7c7ccccc76)n5)c4)cc3)cc(-c3nc(-n4c5ccccc5c5ccccc54)nc(-n4c5ccccc5c5ccccc54)n3)c2)cc1. The number of fused-ring (bicyclic) bond motifs is 12. The Balaban J connectivity index is 0.790. The van der Waals surface area contributed by atoms with Crippen molar-refractivity contribution < 1.29 is 0 Å². The van der Waals surface area contributed by atoms with Gasteiger partial charge < -0.3 is 0 Å². The van der Waals surface area contributed by atoms with Crippen LogP contribution >= 0.6 is 0 Å². The average Bonchev–Trinajstić information content (AvgIpc) is 1.56. The van der Waals surface area contributed by atoms with Crippen LogP contribution in [0.15, 0.2) is 315 Å². The van der Waals surface area contributed by atoms with E-state index in [1.807, 2.05) is 0 Å². The molecule has 0 spiro atoms. The summed E-state index contributed by atoms with van der Waals surface area (Å²) in [5.41, 5.74) is 18.1. The molecule has 0 aliphatic carbocycles. The molecule has 13 aromatic carbocycles. The zero-order chi connectivity index (χ0) is 61.8. The minimum atomic E-state index is 0.524. The van der Waals surface area contributed by atoms with Crippen LogP contribution in [0.1, 0.15) is 0 Å². The lowest BCUT2D eigenvalue weighted by molar-refractivity contribution is 0.892. The maximum atomic E-state index is 5.51. The molecule has 0 radical (unpaired) electrons. The van der Waals surface area contributed by atoms with Crippen molar-refractivity contribution in [2.75, 3.05) is 0 Å². The molecule has 10 heteroatoms. The molecule has 0 bridgehead atoms. The second-order valence-corrected chi connectivity index (χ2v) is 23.9. The number of nitrogens with zero attached hydrogens (tertiary/aromatic N) is 10. The van der Waals surface area contributed by atoms with Gasteiger partial charge in [-0.15, -0.1) is 0 Å². The molecule has 0 saturated heterocycles. The van der Waals surface area contributed by atoms with Gasteiger partial charge in [0.25, 0.3) is 0 Å². The van der Waals surface area contributed by atoms with Crippen LogP contribution in [0.4, 0.5) is 0 Å². The van der Waals surface area contributed by atoms with Crippen molar-refractivity contribution >= 4 is 87.2 Å². The van der Waals surface area contributed by atoms with Gasteiger partial charge in [0, 0.05) is 54.2 Å². The van der Waals surface area contributed by atoms with Gasteiger partial charge in [-0.05, 0) is 129 Å². The topological polar surface area (TPSA) is 97.1 Å². The van der Waals surface area contributed by atoms with E-state index in [1.165, 1.54) is 0 Å². The molecule has 438 valence electrons. The van der Waals surface area contributed by atoms with E-state index < -0.39 is 0 Å². The first-order valence-electron chi connectivity index (χ1n) is 31.6. The summed E-state index contributed by atoms with van der Waals surface area (Å²) in [7, 11) is 0. The number of benzene rings is 13. The minimum Gasteiger partial charge on any atom is -0.278 e. The molecule has 0 N–H and O–H groups in total. The molecule has 10 nitrogen and oxygen atoms in total. The van der Waals surface area contributed by atoms with Gasteiger partial charge in [-0.3, -0.25) is 18.3 Å². The Kier molecular flexibility index (Phi) is 12.0. The van der Waals surface area contributed by atoms with Crippen LogP contribution in [0, 0.1) is 0 Å². The molecule has 0 amide bonds. The highest BCUT2D eigenvalue weighted by Gasteiger charge is 2.24. The maximum absolute atomic E-state index is 5.51. The molecule has 0 aliphatic rings. The van der Waals surface area contributed by atoms with Gasteiger partial charge >= 0.3 is 0 Å². The Morgan fingerprint density at radius 1 is 0.149 bits per heavy atom. The molecular formula is C84H52N10. The van der Waals surface area contributed by atoms with Crippen LogP contribution in [-0.2, 0) is 0 Å². The zero-order valence-electron chi connectivity index (χ0n) is 50.5. The Morgan fingerprint density at radius 3 is 0.553 bits per heavy atom. The van der Waals surface area contributed by atoms with Gasteiger partial charge in [0.2, 0.25) is 23.8 Å². The fraction of sp³-hybridized carbons (Fsp3) is 0. The zero-order valence-corrected chi connectivity index (χ0v) is 50.5. The fourth-order valence-electron chi connectivity index (χ4n) is 14.2. The van der Waals surface area contributed by atoms with E-state index in [1.54, 1.807) is 0 Å². The van der Waals surface area contributed by atoms with Gasteiger partial charge in [-0.1, -0.05) is 231 Å². The van der Waals surface area contributed by atoms with Crippen LogP contribution in [0.2, 0.25) is 0 Å². The second kappa shape index (κ2) is 21.4. The average molecular weight is 1200 g/mol. The fourth-order valence-corrected chi connectivity index (χ4v) is 14.2. The Morgan fingerprint density at radius 2 is 0.330 bits per heavy atom. The van der Waals surface area contributed by atoms with Crippen molar-refractivity contribution in [1.29, 1.82) is 0 Å². The van der Waals surface area contributed by atoms with Crippen LogP contribution in [0.5, 0.6) is 0 Å². The van der Waals surface area contributed by atoms with Crippen molar-refractivity contribution in [1.82, 2.24) is 48.2 Å². The molecule has 19 aromatic rings. The third kappa shape index (κ3) is 8.58. The van der Waals surface area contributed by atoms with E-state index in [4.69, 9.17) is 29.9 Å². The molecule has 19 rings (SSSR count). The minimum absolute atomic E-state index is 0.524. The first-order valence-corrected chi connectivity index (χ1v) is 31.6. The molecule has 0 fully saturated rings. The van der Waals surface area contributed by atoms with Crippen LogP contribution in [0.25, 0.3) is 178 Å². The lowest BCUT2D eigenvalue weighted by Crippen LogP contribution is -2.10. The molecule has 94 heavy (non-hydrogen) atoms. The third-order valence-electron chi connectivity index (χ3n) is 18.5. The van der Waals surface area contributed by atoms with Crippen LogP contribution < -0.4 is 0 Å². The number of hydrogen-bond donors (Lipinski definition) is 0. The first kappa shape index (κ1) is 53.0. The van der Waals surface area contributed by atoms with Crippen LogP contribution in [-0.4, -0.2) is 48.2 Å². The van der Waals surface area contributed by atoms with E-state index >= 15 is 0 Å². The molecule has 6 aromatic heterocycles. The molecular weight excluding hydrogens is 1150 g/mol. The van der Waals surface area contributed by atoms with E-state index in [0.717, 1.165) is 143 Å². The lowest BCUT2D eigenvalue weighted by atomic mass is 9.93. The Bertz CT molecular complexity index is 5380. The van der Waals surface area contributed by atoms with Crippen molar-refractivity contribution in [2.24, 2.45) is 0 Å². The van der Waals surface area contributed by atoms with Gasteiger partial charge in [-0.25, -0.2) is 0 Å². The Labute approximate surface area is 538 Å². The number of aromatic nitrogens is 10. The molecule has 0 aliphatic heterocycles. The van der Waals surface area contributed by atoms with Crippen molar-refractivity contribution in [3.63, 3.8) is 0 Å². The number of hydrogen-bond acceptors (Lipinski definition) is 6. The first-order chi connectivity index (χ1) is 46.6. The van der Waals surface area contributed by atoms with E-state index in [2.05, 4.69) is 334 Å². The van der Waals surface area contributed by atoms with Crippen molar-refractivity contribution in [2.45, 2.75) is 0 Å². The summed E-state index contributed by atoms with van der Waals surface area (Å²) < 4.78 is 8.73. The van der Waals surface area contributed by atoms with Gasteiger partial charge in [0.05, 0.1) is 44.1 Å². The van der Waals surface area contributed by atoms with Crippen LogP contribution in [0.3, 0.4) is 0 Å². The van der Waals surface area contributed by atoms with E-state index in [9.17, 15) is 0 Å². The monoisotopic (exact) mass is 1200 g/mol. The summed E-state index contributed by atoms with van der Waals surface area (Å²) in [6, 6.07) is 111. The van der Waals surface area contributed by atoms with Crippen molar-refractivity contribution in [3.05, 3.63) is 315 Å². The van der Waals surface area contributed by atoms with Gasteiger partial charge in [0.1, 0.15) is 0 Å².